The van der Waals surface area contributed by atoms with Gasteiger partial charge in [0, 0.05) is 30.4 Å². The summed E-state index contributed by atoms with van der Waals surface area (Å²) in [6.07, 6.45) is -9.89. The molecule has 1 N–H and O–H groups in total. The second kappa shape index (κ2) is 10.7. The van der Waals surface area contributed by atoms with Crippen LogP contribution in [0.1, 0.15) is 33.3 Å². The maximum absolute atomic E-state index is 14.1. The van der Waals surface area contributed by atoms with Crippen LogP contribution in [-0.4, -0.2) is 36.3 Å². The number of benzene rings is 2. The van der Waals surface area contributed by atoms with E-state index in [1.807, 2.05) is 0 Å². The molecular weight excluding hydrogens is 548 g/mol. The molecule has 0 radical (unpaired) electrons. The number of ether oxygens (including phenoxy) is 3. The number of hydrogen-bond acceptors (Lipinski definition) is 6. The first-order chi connectivity index (χ1) is 18.0. The minimum absolute atomic E-state index is 0.0506. The highest BCUT2D eigenvalue weighted by atomic mass is 19.4. The highest BCUT2D eigenvalue weighted by Crippen LogP contribution is 2.45. The van der Waals surface area contributed by atoms with Crippen LogP contribution in [0.4, 0.5) is 40.8 Å². The summed E-state index contributed by atoms with van der Waals surface area (Å²) >= 11 is 0. The molecule has 0 saturated heterocycles. The van der Waals surface area contributed by atoms with Crippen molar-refractivity contribution >= 4 is 17.4 Å². The first-order valence-corrected chi connectivity index (χ1v) is 10.5. The lowest BCUT2D eigenvalue weighted by Gasteiger charge is -2.21. The largest absolute Gasteiger partial charge is 0.573 e. The molecule has 15 heteroatoms. The Hall–Kier alpha value is -4.43. The maximum atomic E-state index is 14.1. The molecule has 0 spiro atoms. The van der Waals surface area contributed by atoms with Gasteiger partial charge in [0.15, 0.2) is 17.3 Å². The van der Waals surface area contributed by atoms with Crippen molar-refractivity contribution in [3.05, 3.63) is 71.5 Å². The van der Waals surface area contributed by atoms with Crippen LogP contribution in [0.15, 0.2) is 54.7 Å². The van der Waals surface area contributed by atoms with Gasteiger partial charge in [-0.3, -0.25) is 14.6 Å². The van der Waals surface area contributed by atoms with Crippen LogP contribution in [0.5, 0.6) is 23.0 Å². The van der Waals surface area contributed by atoms with Gasteiger partial charge in [-0.1, -0.05) is 0 Å². The van der Waals surface area contributed by atoms with E-state index in [-0.39, 0.29) is 28.9 Å². The van der Waals surface area contributed by atoms with Gasteiger partial charge < -0.3 is 19.5 Å². The molecule has 3 aromatic rings. The predicted molar refractivity (Wildman–Crippen MR) is 118 cm³/mol. The second-order valence-corrected chi connectivity index (χ2v) is 7.69. The number of alkyl halides is 8. The zero-order valence-corrected chi connectivity index (χ0v) is 19.7. The van der Waals surface area contributed by atoms with Crippen molar-refractivity contribution < 1.29 is 58.9 Å². The number of methoxy groups -OCH3 is 1. The number of rotatable bonds is 8. The van der Waals surface area contributed by atoms with E-state index >= 15 is 0 Å². The Kier molecular flexibility index (Phi) is 8.03. The third-order valence-corrected chi connectivity index (χ3v) is 4.91. The molecule has 1 heterocycles. The molecule has 208 valence electrons. The highest BCUT2D eigenvalue weighted by Gasteiger charge is 2.58. The van der Waals surface area contributed by atoms with Crippen molar-refractivity contribution in [1.82, 2.24) is 4.98 Å². The number of carbonyl (C=O) groups excluding carboxylic acids is 2. The van der Waals surface area contributed by atoms with E-state index in [1.165, 1.54) is 13.0 Å². The Labute approximate surface area is 214 Å². The molecule has 39 heavy (non-hydrogen) atoms. The van der Waals surface area contributed by atoms with Gasteiger partial charge in [-0.15, -0.1) is 13.2 Å². The molecule has 0 aliphatic carbocycles. The van der Waals surface area contributed by atoms with Gasteiger partial charge in [0.2, 0.25) is 0 Å². The van der Waals surface area contributed by atoms with E-state index in [0.29, 0.717) is 12.1 Å². The third-order valence-electron chi connectivity index (χ3n) is 4.91. The van der Waals surface area contributed by atoms with Gasteiger partial charge in [0.25, 0.3) is 5.91 Å². The Morgan fingerprint density at radius 2 is 1.51 bits per heavy atom. The topological polar surface area (TPSA) is 86.8 Å². The molecule has 3 rings (SSSR count). The van der Waals surface area contributed by atoms with Crippen molar-refractivity contribution in [3.8, 4) is 23.0 Å². The molecule has 0 aliphatic rings. The van der Waals surface area contributed by atoms with Crippen molar-refractivity contribution in [2.75, 3.05) is 12.4 Å². The lowest BCUT2D eigenvalue weighted by atomic mass is 10.0. The number of Topliss-reactive ketones (excluding diaryl/α,β-unsaturated/α-hetero) is 1. The van der Waals surface area contributed by atoms with Crippen LogP contribution in [0.3, 0.4) is 0 Å². The van der Waals surface area contributed by atoms with E-state index in [0.717, 1.165) is 37.6 Å². The zero-order valence-electron chi connectivity index (χ0n) is 19.7. The Morgan fingerprint density at radius 3 is 2.10 bits per heavy atom. The van der Waals surface area contributed by atoms with Crippen LogP contribution in [0, 0.1) is 0 Å². The van der Waals surface area contributed by atoms with Crippen LogP contribution in [0.25, 0.3) is 0 Å². The third kappa shape index (κ3) is 6.91. The summed E-state index contributed by atoms with van der Waals surface area (Å²) in [4.78, 5) is 28.3. The van der Waals surface area contributed by atoms with Crippen molar-refractivity contribution in [1.29, 1.82) is 0 Å². The molecule has 0 unspecified atom stereocenters. The summed E-state index contributed by atoms with van der Waals surface area (Å²) in [6.45, 7) is 1.18. The molecule has 1 amide bonds. The normalized spacial score (nSPS) is 12.1. The van der Waals surface area contributed by atoms with Gasteiger partial charge >= 0.3 is 18.5 Å². The summed E-state index contributed by atoms with van der Waals surface area (Å²) in [5.74, 6) is -9.00. The number of halogens is 8. The number of nitrogens with zero attached hydrogens (tertiary/aromatic N) is 1. The predicted octanol–water partition coefficient (Wildman–Crippen LogP) is 6.89. The lowest BCUT2D eigenvalue weighted by Crippen LogP contribution is -2.34. The van der Waals surface area contributed by atoms with Crippen LogP contribution >= 0.6 is 0 Å². The molecule has 0 bridgehead atoms. The van der Waals surface area contributed by atoms with E-state index < -0.39 is 52.8 Å². The summed E-state index contributed by atoms with van der Waals surface area (Å²) < 4.78 is 119. The second-order valence-electron chi connectivity index (χ2n) is 7.69. The average molecular weight is 564 g/mol. The van der Waals surface area contributed by atoms with Crippen LogP contribution in [-0.2, 0) is 5.92 Å². The van der Waals surface area contributed by atoms with Gasteiger partial charge in [-0.05, 0) is 42.5 Å². The molecule has 7 nitrogen and oxygen atoms in total. The average Bonchev–Trinajstić information content (AvgIpc) is 2.83. The fourth-order valence-corrected chi connectivity index (χ4v) is 3.10. The number of ketones is 1. The van der Waals surface area contributed by atoms with Crippen LogP contribution in [0.2, 0.25) is 0 Å². The Balaban J connectivity index is 2.06. The highest BCUT2D eigenvalue weighted by molar-refractivity contribution is 6.07. The summed E-state index contributed by atoms with van der Waals surface area (Å²) in [5.41, 5.74) is -2.53. The molecule has 2 aromatic carbocycles. The van der Waals surface area contributed by atoms with Gasteiger partial charge in [-0.25, -0.2) is 0 Å². The monoisotopic (exact) mass is 564 g/mol. The van der Waals surface area contributed by atoms with E-state index in [4.69, 9.17) is 9.47 Å². The minimum Gasteiger partial charge on any atom is -0.493 e. The maximum Gasteiger partial charge on any atom is 0.573 e. The standard InChI is InChI=1S/C24H16F8N2O5/c1-12(35)17-10-14(7-8-33-17)34-21(36)16-9-13(22(25,26)23(27,28)29)3-5-18(16)38-19-6-4-15(11-20(19)37-2)39-24(30,31)32/h3-11H,1-2H3,(H,33,34,36). The van der Waals surface area contributed by atoms with Crippen molar-refractivity contribution in [2.24, 2.45) is 0 Å². The van der Waals surface area contributed by atoms with Crippen molar-refractivity contribution in [3.63, 3.8) is 0 Å². The fraction of sp³-hybridized carbons (Fsp3) is 0.208. The first-order valence-electron chi connectivity index (χ1n) is 10.5. The minimum atomic E-state index is -6.00. The number of aromatic nitrogens is 1. The molecule has 1 aromatic heterocycles. The summed E-state index contributed by atoms with van der Waals surface area (Å²) in [6, 6.07) is 6.15. The fourth-order valence-electron chi connectivity index (χ4n) is 3.10. The zero-order chi connectivity index (χ0) is 29.2. The Morgan fingerprint density at radius 1 is 0.846 bits per heavy atom. The first kappa shape index (κ1) is 29.1. The van der Waals surface area contributed by atoms with E-state index in [2.05, 4.69) is 15.0 Å². The van der Waals surface area contributed by atoms with Gasteiger partial charge in [0.05, 0.1) is 12.7 Å². The lowest BCUT2D eigenvalue weighted by molar-refractivity contribution is -0.289. The Bertz CT molecular complexity index is 1390. The summed E-state index contributed by atoms with van der Waals surface area (Å²) in [7, 11) is 1.05. The molecule has 0 saturated carbocycles. The van der Waals surface area contributed by atoms with Crippen LogP contribution < -0.4 is 19.5 Å². The number of carbonyl (C=O) groups is 2. The molecule has 0 aliphatic heterocycles. The number of hydrogen-bond donors (Lipinski definition) is 1. The molecule has 0 atom stereocenters. The van der Waals surface area contributed by atoms with Gasteiger partial charge in [-0.2, -0.15) is 22.0 Å². The number of anilines is 1. The molecule has 0 fully saturated rings. The van der Waals surface area contributed by atoms with E-state index in [9.17, 15) is 44.7 Å². The number of amides is 1. The number of pyridine rings is 1. The smallest absolute Gasteiger partial charge is 0.493 e. The summed E-state index contributed by atoms with van der Waals surface area (Å²) in [5, 5.41) is 2.25. The van der Waals surface area contributed by atoms with E-state index in [1.54, 1.807) is 0 Å². The molecular formula is C24H16F8N2O5. The SMILES string of the molecule is COc1cc(OC(F)(F)F)ccc1Oc1ccc(C(F)(F)C(F)(F)F)cc1C(=O)Nc1ccnc(C(C)=O)c1. The quantitative estimate of drug-likeness (QED) is 0.237. The van der Waals surface area contributed by atoms with Gasteiger partial charge in [0.1, 0.15) is 17.2 Å². The van der Waals surface area contributed by atoms with Crippen molar-refractivity contribution in [2.45, 2.75) is 25.4 Å². The number of nitrogens with one attached hydrogen (secondary N) is 1.